The number of rotatable bonds is 36. The van der Waals surface area contributed by atoms with Crippen LogP contribution in [0, 0.1) is 0 Å². The van der Waals surface area contributed by atoms with Gasteiger partial charge in [-0.3, -0.25) is 18.6 Å². The van der Waals surface area contributed by atoms with Gasteiger partial charge in [0.25, 0.3) is 0 Å². The fraction of sp³-hybridized carbons (Fsp3) is 0.556. The minimum atomic E-state index is -4.41. The zero-order valence-electron chi connectivity index (χ0n) is 33.9. The molecule has 0 aliphatic rings. The highest BCUT2D eigenvalue weighted by Crippen LogP contribution is 2.43. The molecule has 0 rings (SSSR count). The van der Waals surface area contributed by atoms with Crippen molar-refractivity contribution in [2.45, 2.75) is 136 Å². The summed E-state index contributed by atoms with van der Waals surface area (Å²) in [6.45, 7) is 3.42. The van der Waals surface area contributed by atoms with Crippen LogP contribution in [0.5, 0.6) is 0 Å². The number of hydrogen-bond donors (Lipinski definition) is 2. The summed E-state index contributed by atoms with van der Waals surface area (Å²) in [6.07, 6.45) is 52.8. The van der Waals surface area contributed by atoms with E-state index in [9.17, 15) is 19.0 Å². The van der Waals surface area contributed by atoms with E-state index in [4.69, 9.17) is 24.3 Å². The van der Waals surface area contributed by atoms with Gasteiger partial charge in [0.1, 0.15) is 6.61 Å². The van der Waals surface area contributed by atoms with Crippen LogP contribution in [0.3, 0.4) is 0 Å². The van der Waals surface area contributed by atoms with Gasteiger partial charge in [0.05, 0.1) is 13.2 Å². The molecule has 2 atom stereocenters. The number of allylic oxidation sites excluding steroid dienone is 18. The molecule has 0 heterocycles. The fourth-order valence-corrected chi connectivity index (χ4v) is 5.43. The Kier molecular flexibility index (Phi) is 37.9. The van der Waals surface area contributed by atoms with Gasteiger partial charge in [-0.15, -0.1) is 0 Å². The van der Waals surface area contributed by atoms with E-state index >= 15 is 0 Å². The molecule has 9 nitrogen and oxygen atoms in total. The Hall–Kier alpha value is -3.33. The molecule has 310 valence electrons. The van der Waals surface area contributed by atoms with Crippen LogP contribution >= 0.6 is 7.82 Å². The van der Waals surface area contributed by atoms with Crippen LogP contribution in [0.2, 0.25) is 0 Å². The standard InChI is InChI=1S/C45H72NO8P/c1-3-5-7-9-11-13-15-17-19-20-21-22-24-26-28-30-32-34-36-38-45(48)54-43(42-53-55(49,50)52-40-39-46)41-51-44(47)37-35-33-31-29-27-25-23-18-16-14-12-10-8-6-4-2/h5,7,11-14,17-19,21-23,26-29,32,34,43H,3-4,6,8-10,15-16,20,24-25,30-31,33,35-42,46H2,1-2H3,(H,49,50)/t43-/m1/s1. The van der Waals surface area contributed by atoms with Gasteiger partial charge in [-0.1, -0.05) is 136 Å². The van der Waals surface area contributed by atoms with Gasteiger partial charge < -0.3 is 20.1 Å². The molecule has 55 heavy (non-hydrogen) atoms. The molecule has 0 fully saturated rings. The number of nitrogens with two attached hydrogens (primary N) is 1. The minimum absolute atomic E-state index is 0.0303. The molecule has 0 amide bonds. The number of hydrogen-bond acceptors (Lipinski definition) is 8. The highest BCUT2D eigenvalue weighted by molar-refractivity contribution is 7.47. The molecule has 0 aromatic carbocycles. The number of phosphoric ester groups is 1. The van der Waals surface area contributed by atoms with E-state index in [0.29, 0.717) is 12.8 Å². The molecule has 3 N–H and O–H groups in total. The van der Waals surface area contributed by atoms with Gasteiger partial charge in [-0.05, 0) is 89.9 Å². The van der Waals surface area contributed by atoms with Crippen molar-refractivity contribution < 1.29 is 37.6 Å². The lowest BCUT2D eigenvalue weighted by atomic mass is 10.1. The van der Waals surface area contributed by atoms with Crippen molar-refractivity contribution in [3.63, 3.8) is 0 Å². The van der Waals surface area contributed by atoms with Gasteiger partial charge in [0.15, 0.2) is 6.10 Å². The van der Waals surface area contributed by atoms with Gasteiger partial charge in [-0.25, -0.2) is 4.57 Å². The monoisotopic (exact) mass is 785 g/mol. The molecule has 0 aliphatic carbocycles. The van der Waals surface area contributed by atoms with Crippen LogP contribution in [0.4, 0.5) is 0 Å². The lowest BCUT2D eigenvalue weighted by Gasteiger charge is -2.19. The van der Waals surface area contributed by atoms with E-state index in [2.05, 4.69) is 111 Å². The quantitative estimate of drug-likeness (QED) is 0.0275. The Morgan fingerprint density at radius 2 is 1.02 bits per heavy atom. The molecule has 0 bridgehead atoms. The summed E-state index contributed by atoms with van der Waals surface area (Å²) in [4.78, 5) is 34.8. The highest BCUT2D eigenvalue weighted by Gasteiger charge is 2.25. The first-order valence-corrected chi connectivity index (χ1v) is 21.9. The maximum atomic E-state index is 12.5. The molecule has 0 aromatic heterocycles. The third-order valence-electron chi connectivity index (χ3n) is 7.66. The predicted molar refractivity (Wildman–Crippen MR) is 228 cm³/mol. The van der Waals surface area contributed by atoms with E-state index in [0.717, 1.165) is 70.6 Å². The summed E-state index contributed by atoms with van der Waals surface area (Å²) in [7, 11) is -4.41. The molecule has 0 spiro atoms. The third kappa shape index (κ3) is 40.2. The summed E-state index contributed by atoms with van der Waals surface area (Å²) >= 11 is 0. The summed E-state index contributed by atoms with van der Waals surface area (Å²) in [6, 6.07) is 0. The van der Waals surface area contributed by atoms with Crippen LogP contribution in [0.15, 0.2) is 109 Å². The first-order chi connectivity index (χ1) is 26.8. The Morgan fingerprint density at radius 1 is 0.564 bits per heavy atom. The minimum Gasteiger partial charge on any atom is -0.462 e. The van der Waals surface area contributed by atoms with Crippen LogP contribution in [-0.2, 0) is 32.7 Å². The SMILES string of the molecule is CCC=CCC=CCC=CCC=CCC=CCC=CCCC(=O)O[C@H](COC(=O)CCCCC=CCC=CCC=CCCCCC)COP(=O)(O)OCCN. The largest absolute Gasteiger partial charge is 0.472 e. The van der Waals surface area contributed by atoms with Crippen molar-refractivity contribution in [3.05, 3.63) is 109 Å². The van der Waals surface area contributed by atoms with Crippen LogP contribution < -0.4 is 5.73 Å². The second-order valence-corrected chi connectivity index (χ2v) is 14.2. The maximum Gasteiger partial charge on any atom is 0.472 e. The molecule has 0 aromatic rings. The van der Waals surface area contributed by atoms with Gasteiger partial charge in [-0.2, -0.15) is 0 Å². The van der Waals surface area contributed by atoms with Crippen LogP contribution in [0.1, 0.15) is 129 Å². The Labute approximate surface area is 333 Å². The number of phosphoric acid groups is 1. The van der Waals surface area contributed by atoms with Crippen molar-refractivity contribution in [3.8, 4) is 0 Å². The van der Waals surface area contributed by atoms with Crippen LogP contribution in [0.25, 0.3) is 0 Å². The van der Waals surface area contributed by atoms with Crippen LogP contribution in [-0.4, -0.2) is 49.3 Å². The molecule has 0 aliphatic heterocycles. The molecule has 1 unspecified atom stereocenters. The maximum absolute atomic E-state index is 12.5. The Morgan fingerprint density at radius 3 is 1.49 bits per heavy atom. The smallest absolute Gasteiger partial charge is 0.462 e. The molecule has 0 saturated carbocycles. The zero-order chi connectivity index (χ0) is 40.3. The summed E-state index contributed by atoms with van der Waals surface area (Å²) in [5.74, 6) is -0.986. The van der Waals surface area contributed by atoms with Crippen molar-refractivity contribution in [1.82, 2.24) is 0 Å². The van der Waals surface area contributed by atoms with Gasteiger partial charge >= 0.3 is 19.8 Å². The molecular formula is C45H72NO8P. The number of carbonyl (C=O) groups is 2. The van der Waals surface area contributed by atoms with Crippen molar-refractivity contribution in [2.75, 3.05) is 26.4 Å². The van der Waals surface area contributed by atoms with Crippen molar-refractivity contribution in [1.29, 1.82) is 0 Å². The summed E-state index contributed by atoms with van der Waals surface area (Å²) in [5, 5.41) is 0. The highest BCUT2D eigenvalue weighted by atomic mass is 31.2. The summed E-state index contributed by atoms with van der Waals surface area (Å²) < 4.78 is 32.6. The second-order valence-electron chi connectivity index (χ2n) is 12.8. The van der Waals surface area contributed by atoms with E-state index < -0.39 is 32.5 Å². The normalized spacial score (nSPS) is 14.5. The number of ether oxygens (including phenoxy) is 2. The Bertz CT molecular complexity index is 1260. The van der Waals surface area contributed by atoms with E-state index in [1.807, 2.05) is 12.2 Å². The molecule has 0 radical (unpaired) electrons. The first kappa shape index (κ1) is 51.7. The topological polar surface area (TPSA) is 134 Å². The average molecular weight is 786 g/mol. The summed E-state index contributed by atoms with van der Waals surface area (Å²) in [5.41, 5.74) is 5.33. The molecule has 0 saturated heterocycles. The zero-order valence-corrected chi connectivity index (χ0v) is 34.7. The first-order valence-electron chi connectivity index (χ1n) is 20.4. The van der Waals surface area contributed by atoms with Crippen molar-refractivity contribution in [2.24, 2.45) is 5.73 Å². The fourth-order valence-electron chi connectivity index (χ4n) is 4.66. The van der Waals surface area contributed by atoms with E-state index in [-0.39, 0.29) is 32.6 Å². The second kappa shape index (κ2) is 40.3. The number of carbonyl (C=O) groups excluding carboxylic acids is 2. The van der Waals surface area contributed by atoms with Gasteiger partial charge in [0, 0.05) is 19.4 Å². The van der Waals surface area contributed by atoms with Gasteiger partial charge in [0.2, 0.25) is 0 Å². The number of esters is 2. The lowest BCUT2D eigenvalue weighted by Crippen LogP contribution is -2.29. The Balaban J connectivity index is 4.42. The van der Waals surface area contributed by atoms with E-state index in [1.54, 1.807) is 0 Å². The molecular weight excluding hydrogens is 713 g/mol. The van der Waals surface area contributed by atoms with E-state index in [1.165, 1.54) is 19.3 Å². The average Bonchev–Trinajstić information content (AvgIpc) is 3.17. The third-order valence-corrected chi connectivity index (χ3v) is 8.64. The number of unbranched alkanes of at least 4 members (excludes halogenated alkanes) is 5. The molecule has 10 heteroatoms. The van der Waals surface area contributed by atoms with Crippen molar-refractivity contribution >= 4 is 19.8 Å². The lowest BCUT2D eigenvalue weighted by molar-refractivity contribution is -0.161. The predicted octanol–water partition coefficient (Wildman–Crippen LogP) is 11.6.